The van der Waals surface area contributed by atoms with Crippen LogP contribution in [0.4, 0.5) is 0 Å². The summed E-state index contributed by atoms with van der Waals surface area (Å²) >= 11 is 7.43. The maximum absolute atomic E-state index is 12.0. The molecule has 21 heavy (non-hydrogen) atoms. The predicted molar refractivity (Wildman–Crippen MR) is 84.9 cm³/mol. The second kappa shape index (κ2) is 6.20. The number of aryl methyl sites for hydroxylation is 3. The van der Waals surface area contributed by atoms with Crippen LogP contribution in [0.25, 0.3) is 0 Å². The van der Waals surface area contributed by atoms with Gasteiger partial charge in [0.1, 0.15) is 5.82 Å². The van der Waals surface area contributed by atoms with Crippen molar-refractivity contribution in [3.05, 3.63) is 39.1 Å². The molecule has 3 rings (SSSR count). The van der Waals surface area contributed by atoms with Crippen molar-refractivity contribution < 1.29 is 4.79 Å². The first-order chi connectivity index (χ1) is 10.1. The molecule has 0 radical (unpaired) electrons. The van der Waals surface area contributed by atoms with Gasteiger partial charge in [0, 0.05) is 36.5 Å². The van der Waals surface area contributed by atoms with Gasteiger partial charge in [0.15, 0.2) is 0 Å². The minimum Gasteiger partial charge on any atom is -0.352 e. The molecular weight excluding hydrogens is 306 g/mol. The van der Waals surface area contributed by atoms with Crippen molar-refractivity contribution in [1.29, 1.82) is 0 Å². The van der Waals surface area contributed by atoms with Crippen LogP contribution in [0.5, 0.6) is 0 Å². The Morgan fingerprint density at radius 3 is 3.19 bits per heavy atom. The maximum Gasteiger partial charge on any atom is 0.220 e. The zero-order valence-corrected chi connectivity index (χ0v) is 13.5. The fourth-order valence-electron chi connectivity index (χ4n) is 2.73. The molecule has 0 saturated heterocycles. The van der Waals surface area contributed by atoms with Gasteiger partial charge in [-0.25, -0.2) is 4.98 Å². The van der Waals surface area contributed by atoms with E-state index in [1.165, 1.54) is 0 Å². The molecule has 0 aromatic carbocycles. The summed E-state index contributed by atoms with van der Waals surface area (Å²) in [4.78, 5) is 17.7. The van der Waals surface area contributed by atoms with E-state index in [0.29, 0.717) is 6.42 Å². The molecule has 1 aliphatic heterocycles. The first-order valence-corrected chi connectivity index (χ1v) is 8.36. The summed E-state index contributed by atoms with van der Waals surface area (Å²) in [5.41, 5.74) is 1.05. The summed E-state index contributed by atoms with van der Waals surface area (Å²) in [6.07, 6.45) is 5.22. The molecule has 0 unspecified atom stereocenters. The Bertz CT molecular complexity index is 649. The number of aromatic nitrogens is 2. The number of halogens is 1. The number of nitrogens with zero attached hydrogens (tertiary/aromatic N) is 2. The number of rotatable bonds is 4. The van der Waals surface area contributed by atoms with Gasteiger partial charge in [0.05, 0.1) is 10.0 Å². The zero-order chi connectivity index (χ0) is 14.8. The highest BCUT2D eigenvalue weighted by atomic mass is 35.5. The molecule has 0 aliphatic carbocycles. The molecule has 2 aromatic heterocycles. The highest BCUT2D eigenvalue weighted by Crippen LogP contribution is 2.22. The largest absolute Gasteiger partial charge is 0.352 e. The van der Waals surface area contributed by atoms with Crippen LogP contribution in [-0.4, -0.2) is 21.5 Å². The smallest absolute Gasteiger partial charge is 0.220 e. The van der Waals surface area contributed by atoms with Crippen molar-refractivity contribution in [3.8, 4) is 0 Å². The van der Waals surface area contributed by atoms with Crippen molar-refractivity contribution in [2.75, 3.05) is 0 Å². The SMILES string of the molecule is Cc1cn2c(n1)CC[C@H](NC(=O)CCc1ccc(Cl)s1)C2. The molecule has 3 heterocycles. The quantitative estimate of drug-likeness (QED) is 0.940. The Hall–Kier alpha value is -1.33. The lowest BCUT2D eigenvalue weighted by molar-refractivity contribution is -0.121. The highest BCUT2D eigenvalue weighted by molar-refractivity contribution is 7.16. The number of nitrogens with one attached hydrogen (secondary N) is 1. The predicted octanol–water partition coefficient (Wildman–Crippen LogP) is 2.97. The minimum absolute atomic E-state index is 0.116. The molecule has 6 heteroatoms. The molecule has 0 spiro atoms. The summed E-state index contributed by atoms with van der Waals surface area (Å²) in [5.74, 6) is 1.25. The van der Waals surface area contributed by atoms with E-state index in [1.807, 2.05) is 19.1 Å². The van der Waals surface area contributed by atoms with Crippen molar-refractivity contribution in [2.24, 2.45) is 0 Å². The minimum atomic E-state index is 0.116. The Kier molecular flexibility index (Phi) is 4.31. The number of carbonyl (C=O) groups excluding carboxylic acids is 1. The molecule has 1 amide bonds. The molecule has 0 saturated carbocycles. The van der Waals surface area contributed by atoms with Crippen LogP contribution in [0.1, 0.15) is 29.2 Å². The van der Waals surface area contributed by atoms with E-state index in [0.717, 1.165) is 46.5 Å². The summed E-state index contributed by atoms with van der Waals surface area (Å²) in [5, 5.41) is 3.13. The van der Waals surface area contributed by atoms with Gasteiger partial charge in [-0.1, -0.05) is 11.6 Å². The summed E-state index contributed by atoms with van der Waals surface area (Å²) < 4.78 is 2.93. The van der Waals surface area contributed by atoms with E-state index >= 15 is 0 Å². The van der Waals surface area contributed by atoms with Crippen LogP contribution in [0.15, 0.2) is 18.3 Å². The standard InChI is InChI=1S/C15H18ClN3OS/c1-10-8-19-9-11(2-6-14(19)17-10)18-15(20)7-4-12-3-5-13(16)21-12/h3,5,8,11H,2,4,6-7,9H2,1H3,(H,18,20)/t11-/m0/s1. The Morgan fingerprint density at radius 1 is 1.57 bits per heavy atom. The molecule has 1 N–H and O–H groups in total. The summed E-state index contributed by atoms with van der Waals surface area (Å²) in [6.45, 7) is 2.83. The maximum atomic E-state index is 12.0. The number of fused-ring (bicyclic) bond motifs is 1. The molecule has 1 atom stereocenters. The summed E-state index contributed by atoms with van der Waals surface area (Å²) in [6, 6.07) is 4.08. The number of amides is 1. The van der Waals surface area contributed by atoms with Crippen LogP contribution < -0.4 is 5.32 Å². The van der Waals surface area contributed by atoms with Crippen LogP contribution >= 0.6 is 22.9 Å². The second-order valence-corrected chi connectivity index (χ2v) is 7.26. The monoisotopic (exact) mass is 323 g/mol. The molecule has 112 valence electrons. The van der Waals surface area contributed by atoms with Crippen molar-refractivity contribution in [2.45, 2.75) is 45.2 Å². The molecule has 0 fully saturated rings. The lowest BCUT2D eigenvalue weighted by Gasteiger charge is -2.24. The average molecular weight is 324 g/mol. The van der Waals surface area contributed by atoms with Crippen molar-refractivity contribution in [3.63, 3.8) is 0 Å². The topological polar surface area (TPSA) is 46.9 Å². The second-order valence-electron chi connectivity index (χ2n) is 5.46. The van der Waals surface area contributed by atoms with Gasteiger partial charge < -0.3 is 9.88 Å². The third-order valence-corrected chi connectivity index (χ3v) is 5.00. The number of thiophene rings is 1. The third kappa shape index (κ3) is 3.66. The first-order valence-electron chi connectivity index (χ1n) is 7.16. The van der Waals surface area contributed by atoms with Crippen molar-refractivity contribution >= 4 is 28.8 Å². The van der Waals surface area contributed by atoms with E-state index in [1.54, 1.807) is 11.3 Å². The summed E-state index contributed by atoms with van der Waals surface area (Å²) in [7, 11) is 0. The van der Waals surface area contributed by atoms with Gasteiger partial charge in [-0.05, 0) is 31.9 Å². The fourth-order valence-corrected chi connectivity index (χ4v) is 3.81. The number of carbonyl (C=O) groups is 1. The van der Waals surface area contributed by atoms with Crippen molar-refractivity contribution in [1.82, 2.24) is 14.9 Å². The van der Waals surface area contributed by atoms with E-state index < -0.39 is 0 Å². The molecule has 1 aliphatic rings. The fraction of sp³-hybridized carbons (Fsp3) is 0.467. The van der Waals surface area contributed by atoms with Gasteiger partial charge in [0.25, 0.3) is 0 Å². The van der Waals surface area contributed by atoms with E-state index in [9.17, 15) is 4.79 Å². The Morgan fingerprint density at radius 2 is 2.43 bits per heavy atom. The lowest BCUT2D eigenvalue weighted by Crippen LogP contribution is -2.40. The van der Waals surface area contributed by atoms with Crippen LogP contribution in [0.3, 0.4) is 0 Å². The van der Waals surface area contributed by atoms with E-state index in [-0.39, 0.29) is 11.9 Å². The number of hydrogen-bond acceptors (Lipinski definition) is 3. The van der Waals surface area contributed by atoms with Gasteiger partial charge in [0.2, 0.25) is 5.91 Å². The molecule has 0 bridgehead atoms. The molecular formula is C15H18ClN3OS. The van der Waals surface area contributed by atoms with E-state index in [4.69, 9.17) is 11.6 Å². The Balaban J connectivity index is 1.49. The zero-order valence-electron chi connectivity index (χ0n) is 11.9. The number of imidazole rings is 1. The first kappa shape index (κ1) is 14.6. The molecule has 4 nitrogen and oxygen atoms in total. The van der Waals surface area contributed by atoms with Gasteiger partial charge in [-0.15, -0.1) is 11.3 Å². The van der Waals surface area contributed by atoms with Crippen LogP contribution in [-0.2, 0) is 24.2 Å². The normalized spacial score (nSPS) is 17.5. The van der Waals surface area contributed by atoms with E-state index in [2.05, 4.69) is 21.1 Å². The lowest BCUT2D eigenvalue weighted by atomic mass is 10.1. The van der Waals surface area contributed by atoms with Gasteiger partial charge in [-0.2, -0.15) is 0 Å². The third-order valence-electron chi connectivity index (χ3n) is 3.71. The van der Waals surface area contributed by atoms with Gasteiger partial charge >= 0.3 is 0 Å². The average Bonchev–Trinajstić information content (AvgIpc) is 3.01. The highest BCUT2D eigenvalue weighted by Gasteiger charge is 2.21. The Labute approximate surface area is 133 Å². The van der Waals surface area contributed by atoms with Crippen LogP contribution in [0, 0.1) is 6.92 Å². The number of hydrogen-bond donors (Lipinski definition) is 1. The molecule has 2 aromatic rings. The van der Waals surface area contributed by atoms with Crippen LogP contribution in [0.2, 0.25) is 4.34 Å². The van der Waals surface area contributed by atoms with Gasteiger partial charge in [-0.3, -0.25) is 4.79 Å².